The van der Waals surface area contributed by atoms with E-state index in [2.05, 4.69) is 6.58 Å². The number of benzene rings is 2. The molecule has 0 aliphatic heterocycles. The monoisotopic (exact) mass is 354 g/mol. The van der Waals surface area contributed by atoms with Gasteiger partial charge in [-0.2, -0.15) is 0 Å². The van der Waals surface area contributed by atoms with Crippen molar-refractivity contribution in [2.45, 2.75) is 19.4 Å². The molecule has 0 radical (unpaired) electrons. The highest BCUT2D eigenvalue weighted by atomic mass is 16.3. The summed E-state index contributed by atoms with van der Waals surface area (Å²) in [5.41, 5.74) is 1.13. The van der Waals surface area contributed by atoms with Crippen LogP contribution in [0, 0.1) is 0 Å². The van der Waals surface area contributed by atoms with E-state index in [4.69, 9.17) is 4.42 Å². The van der Waals surface area contributed by atoms with Gasteiger partial charge in [-0.1, -0.05) is 12.2 Å². The first-order chi connectivity index (χ1) is 12.3. The van der Waals surface area contributed by atoms with E-state index < -0.39 is 11.5 Å². The average molecular weight is 354 g/mol. The third-order valence-corrected chi connectivity index (χ3v) is 4.14. The molecule has 6 heteroatoms. The fourth-order valence-corrected chi connectivity index (χ4v) is 2.68. The van der Waals surface area contributed by atoms with Crippen molar-refractivity contribution in [2.75, 3.05) is 0 Å². The molecule has 0 aliphatic rings. The van der Waals surface area contributed by atoms with Gasteiger partial charge >= 0.3 is 0 Å². The van der Waals surface area contributed by atoms with Gasteiger partial charge in [-0.3, -0.25) is 4.79 Å². The molecular weight excluding hydrogens is 336 g/mol. The van der Waals surface area contributed by atoms with Gasteiger partial charge < -0.3 is 24.8 Å². The van der Waals surface area contributed by atoms with Crippen LogP contribution in [0.25, 0.3) is 22.3 Å². The lowest BCUT2D eigenvalue weighted by Gasteiger charge is -2.13. The van der Waals surface area contributed by atoms with Gasteiger partial charge in [0.2, 0.25) is 0 Å². The van der Waals surface area contributed by atoms with Crippen molar-refractivity contribution in [1.29, 1.82) is 0 Å². The number of rotatable bonds is 4. The Balaban J connectivity index is 2.12. The smallest absolute Gasteiger partial charge is 0.197 e. The van der Waals surface area contributed by atoms with E-state index in [0.29, 0.717) is 16.7 Å². The molecule has 4 N–H and O–H groups in total. The second kappa shape index (κ2) is 6.57. The molecule has 1 unspecified atom stereocenters. The molecule has 26 heavy (non-hydrogen) atoms. The van der Waals surface area contributed by atoms with E-state index in [0.717, 1.165) is 6.07 Å². The molecule has 0 saturated carbocycles. The van der Waals surface area contributed by atoms with E-state index in [1.54, 1.807) is 19.1 Å². The van der Waals surface area contributed by atoms with E-state index in [9.17, 15) is 25.2 Å². The fraction of sp³-hybridized carbons (Fsp3) is 0.150. The Morgan fingerprint density at radius 1 is 1.12 bits per heavy atom. The van der Waals surface area contributed by atoms with Crippen LogP contribution in [-0.2, 0) is 6.42 Å². The molecule has 0 spiro atoms. The summed E-state index contributed by atoms with van der Waals surface area (Å²) >= 11 is 0. The van der Waals surface area contributed by atoms with Crippen molar-refractivity contribution in [3.63, 3.8) is 0 Å². The molecule has 134 valence electrons. The SMILES string of the molecule is C=C(C)C(O)Cc1cc(-c2cc(=O)c3c(O)cc(O)cc3o2)ccc1O. The number of aromatic hydroxyl groups is 3. The molecule has 0 amide bonds. The second-order valence-corrected chi connectivity index (χ2v) is 6.22. The molecule has 1 aromatic heterocycles. The summed E-state index contributed by atoms with van der Waals surface area (Å²) < 4.78 is 5.66. The Kier molecular flexibility index (Phi) is 4.44. The second-order valence-electron chi connectivity index (χ2n) is 6.22. The van der Waals surface area contributed by atoms with Gasteiger partial charge in [0.15, 0.2) is 5.43 Å². The van der Waals surface area contributed by atoms with Gasteiger partial charge in [-0.15, -0.1) is 0 Å². The molecule has 1 heterocycles. The van der Waals surface area contributed by atoms with E-state index in [1.165, 1.54) is 18.2 Å². The molecular formula is C20H18O6. The van der Waals surface area contributed by atoms with Gasteiger partial charge in [-0.05, 0) is 30.7 Å². The summed E-state index contributed by atoms with van der Waals surface area (Å²) in [5.74, 6) is -0.381. The summed E-state index contributed by atoms with van der Waals surface area (Å²) in [4.78, 5) is 12.3. The molecule has 2 aromatic carbocycles. The summed E-state index contributed by atoms with van der Waals surface area (Å²) in [7, 11) is 0. The standard InChI is InChI=1S/C20H18O6/c1-10(2)15(23)6-12-5-11(3-4-14(12)22)18-9-17(25)20-16(24)7-13(21)8-19(20)26-18/h3-5,7-9,15,21-24H,1,6H2,2H3. The minimum atomic E-state index is -0.811. The maximum absolute atomic E-state index is 12.3. The van der Waals surface area contributed by atoms with Crippen molar-refractivity contribution in [2.24, 2.45) is 0 Å². The normalized spacial score (nSPS) is 12.2. The zero-order valence-electron chi connectivity index (χ0n) is 14.1. The van der Waals surface area contributed by atoms with Crippen LogP contribution in [0.1, 0.15) is 12.5 Å². The average Bonchev–Trinajstić information content (AvgIpc) is 2.55. The molecule has 3 aromatic rings. The quantitative estimate of drug-likeness (QED) is 0.536. The molecule has 0 saturated heterocycles. The van der Waals surface area contributed by atoms with Crippen LogP contribution in [0.5, 0.6) is 17.2 Å². The lowest BCUT2D eigenvalue weighted by Crippen LogP contribution is -2.11. The van der Waals surface area contributed by atoms with Crippen molar-refractivity contribution >= 4 is 11.0 Å². The van der Waals surface area contributed by atoms with Gasteiger partial charge in [0, 0.05) is 30.2 Å². The Morgan fingerprint density at radius 3 is 2.54 bits per heavy atom. The molecule has 0 bridgehead atoms. The molecule has 1 atom stereocenters. The fourth-order valence-electron chi connectivity index (χ4n) is 2.68. The molecule has 0 aliphatic carbocycles. The highest BCUT2D eigenvalue weighted by Crippen LogP contribution is 2.32. The van der Waals surface area contributed by atoms with Crippen molar-refractivity contribution in [1.82, 2.24) is 0 Å². The minimum Gasteiger partial charge on any atom is -0.508 e. The zero-order chi connectivity index (χ0) is 19.0. The van der Waals surface area contributed by atoms with E-state index in [-0.39, 0.29) is 40.4 Å². The van der Waals surface area contributed by atoms with Gasteiger partial charge in [-0.25, -0.2) is 0 Å². The van der Waals surface area contributed by atoms with Gasteiger partial charge in [0.1, 0.15) is 34.0 Å². The van der Waals surface area contributed by atoms with Crippen molar-refractivity contribution in [3.05, 3.63) is 64.3 Å². The van der Waals surface area contributed by atoms with Crippen LogP contribution < -0.4 is 5.43 Å². The predicted octanol–water partition coefficient (Wildman–Crippen LogP) is 3.06. The van der Waals surface area contributed by atoms with E-state index in [1.807, 2.05) is 0 Å². The van der Waals surface area contributed by atoms with Crippen molar-refractivity contribution in [3.8, 4) is 28.6 Å². The number of fused-ring (bicyclic) bond motifs is 1. The Labute approximate surface area is 148 Å². The summed E-state index contributed by atoms with van der Waals surface area (Å²) in [6, 6.07) is 8.15. The lowest BCUT2D eigenvalue weighted by atomic mass is 9.99. The summed E-state index contributed by atoms with van der Waals surface area (Å²) in [5, 5.41) is 39.4. The highest BCUT2D eigenvalue weighted by Gasteiger charge is 2.15. The highest BCUT2D eigenvalue weighted by molar-refractivity contribution is 5.86. The largest absolute Gasteiger partial charge is 0.508 e. The van der Waals surface area contributed by atoms with Crippen LogP contribution in [-0.4, -0.2) is 26.5 Å². The van der Waals surface area contributed by atoms with Crippen LogP contribution in [0.3, 0.4) is 0 Å². The third kappa shape index (κ3) is 3.27. The lowest BCUT2D eigenvalue weighted by molar-refractivity contribution is 0.210. The number of phenolic OH excluding ortho intramolecular Hbond substituents is 3. The first kappa shape index (κ1) is 17.6. The molecule has 3 rings (SSSR count). The topological polar surface area (TPSA) is 111 Å². The first-order valence-electron chi connectivity index (χ1n) is 7.92. The van der Waals surface area contributed by atoms with Crippen LogP contribution in [0.15, 0.2) is 57.8 Å². The maximum Gasteiger partial charge on any atom is 0.197 e. The third-order valence-electron chi connectivity index (χ3n) is 4.14. The van der Waals surface area contributed by atoms with Crippen LogP contribution >= 0.6 is 0 Å². The van der Waals surface area contributed by atoms with Crippen molar-refractivity contribution < 1.29 is 24.8 Å². The molecule has 6 nitrogen and oxygen atoms in total. The van der Waals surface area contributed by atoms with Gasteiger partial charge in [0.05, 0.1) is 6.10 Å². The van der Waals surface area contributed by atoms with Gasteiger partial charge in [0.25, 0.3) is 0 Å². The zero-order valence-corrected chi connectivity index (χ0v) is 14.1. The number of aliphatic hydroxyl groups excluding tert-OH is 1. The number of hydrogen-bond donors (Lipinski definition) is 4. The number of aliphatic hydroxyl groups is 1. The maximum atomic E-state index is 12.3. The first-order valence-corrected chi connectivity index (χ1v) is 7.92. The predicted molar refractivity (Wildman–Crippen MR) is 97.4 cm³/mol. The Morgan fingerprint density at radius 2 is 1.85 bits per heavy atom. The number of hydrogen-bond acceptors (Lipinski definition) is 6. The Bertz CT molecular complexity index is 1060. The number of phenols is 3. The van der Waals surface area contributed by atoms with E-state index >= 15 is 0 Å². The van der Waals surface area contributed by atoms with Crippen LogP contribution in [0.2, 0.25) is 0 Å². The van der Waals surface area contributed by atoms with Crippen LogP contribution in [0.4, 0.5) is 0 Å². The summed E-state index contributed by atoms with van der Waals surface area (Å²) in [6.45, 7) is 5.37. The summed E-state index contributed by atoms with van der Waals surface area (Å²) in [6.07, 6.45) is -0.650. The minimum absolute atomic E-state index is 0.00692. The Hall–Kier alpha value is -3.25. The molecule has 0 fully saturated rings.